The van der Waals surface area contributed by atoms with E-state index in [1.54, 1.807) is 0 Å². The Morgan fingerprint density at radius 2 is 1.47 bits per heavy atom. The van der Waals surface area contributed by atoms with E-state index in [1.807, 2.05) is 38.1 Å². The Balaban J connectivity index is 2.90. The minimum absolute atomic E-state index is 0.170. The molecule has 0 unspecified atom stereocenters. The maximum absolute atomic E-state index is 6.21. The lowest BCUT2D eigenvalue weighted by molar-refractivity contribution is 0.235. The van der Waals surface area contributed by atoms with Crippen molar-refractivity contribution in [3.63, 3.8) is 0 Å². The van der Waals surface area contributed by atoms with Gasteiger partial charge in [-0.3, -0.25) is 0 Å². The van der Waals surface area contributed by atoms with E-state index in [9.17, 15) is 0 Å². The molecule has 0 spiro atoms. The van der Waals surface area contributed by atoms with Gasteiger partial charge in [0.05, 0.1) is 6.10 Å². The lowest BCUT2D eigenvalue weighted by Gasteiger charge is -2.29. The van der Waals surface area contributed by atoms with Crippen LogP contribution < -0.4 is 9.16 Å². The first-order valence-electron chi connectivity index (χ1n) is 6.27. The molecule has 0 radical (unpaired) electrons. The van der Waals surface area contributed by atoms with Gasteiger partial charge in [0, 0.05) is 0 Å². The van der Waals surface area contributed by atoms with Crippen LogP contribution in [0.1, 0.15) is 27.7 Å². The van der Waals surface area contributed by atoms with Crippen molar-refractivity contribution in [1.82, 2.24) is 0 Å². The third-order valence-electron chi connectivity index (χ3n) is 2.98. The summed E-state index contributed by atoms with van der Waals surface area (Å²) in [6.07, 6.45) is 0.170. The second-order valence-corrected chi connectivity index (χ2v) is 10.0. The standard InChI is InChI=1S/C14H24O2Si/c1-11(2)15-13-9-7-8-10-14(13)16-17(5,6)12(3)4/h7-12H,1-6H3. The Morgan fingerprint density at radius 3 is 1.94 bits per heavy atom. The summed E-state index contributed by atoms with van der Waals surface area (Å²) in [5.74, 6) is 1.73. The zero-order valence-corrected chi connectivity index (χ0v) is 12.8. The van der Waals surface area contributed by atoms with Crippen LogP contribution in [0.25, 0.3) is 0 Å². The van der Waals surface area contributed by atoms with Gasteiger partial charge in [-0.15, -0.1) is 0 Å². The normalized spacial score (nSPS) is 12.0. The van der Waals surface area contributed by atoms with Gasteiger partial charge in [-0.05, 0) is 44.6 Å². The molecule has 0 aromatic heterocycles. The van der Waals surface area contributed by atoms with Crippen LogP contribution in [0.4, 0.5) is 0 Å². The Labute approximate surface area is 106 Å². The highest BCUT2D eigenvalue weighted by molar-refractivity contribution is 6.73. The van der Waals surface area contributed by atoms with E-state index >= 15 is 0 Å². The van der Waals surface area contributed by atoms with Crippen molar-refractivity contribution in [2.24, 2.45) is 0 Å². The van der Waals surface area contributed by atoms with E-state index in [1.165, 1.54) is 0 Å². The molecule has 0 aliphatic heterocycles. The van der Waals surface area contributed by atoms with E-state index in [-0.39, 0.29) is 6.10 Å². The van der Waals surface area contributed by atoms with E-state index in [0.717, 1.165) is 11.5 Å². The molecule has 0 saturated carbocycles. The van der Waals surface area contributed by atoms with Gasteiger partial charge in [0.2, 0.25) is 8.32 Å². The summed E-state index contributed by atoms with van der Waals surface area (Å²) >= 11 is 0. The zero-order valence-electron chi connectivity index (χ0n) is 11.8. The molecule has 2 nitrogen and oxygen atoms in total. The summed E-state index contributed by atoms with van der Waals surface area (Å²) < 4.78 is 12.0. The van der Waals surface area contributed by atoms with Crippen molar-refractivity contribution in [1.29, 1.82) is 0 Å². The molecular weight excluding hydrogens is 228 g/mol. The highest BCUT2D eigenvalue weighted by Gasteiger charge is 2.29. The van der Waals surface area contributed by atoms with E-state index in [2.05, 4.69) is 26.9 Å². The van der Waals surface area contributed by atoms with Crippen LogP contribution in [0.15, 0.2) is 24.3 Å². The summed E-state index contributed by atoms with van der Waals surface area (Å²) in [5, 5.41) is 0. The molecule has 1 aromatic rings. The molecular formula is C14H24O2Si. The van der Waals surface area contributed by atoms with Gasteiger partial charge in [0.25, 0.3) is 0 Å². The minimum atomic E-state index is -1.68. The van der Waals surface area contributed by atoms with Crippen LogP contribution in [-0.2, 0) is 0 Å². The molecule has 0 bridgehead atoms. The molecule has 3 heteroatoms. The Hall–Kier alpha value is -0.963. The Bertz CT molecular complexity index is 359. The van der Waals surface area contributed by atoms with Gasteiger partial charge >= 0.3 is 0 Å². The molecule has 0 saturated heterocycles. The van der Waals surface area contributed by atoms with Crippen molar-refractivity contribution < 1.29 is 9.16 Å². The first-order valence-corrected chi connectivity index (χ1v) is 9.26. The van der Waals surface area contributed by atoms with Crippen molar-refractivity contribution in [2.75, 3.05) is 0 Å². The van der Waals surface area contributed by atoms with Crippen molar-refractivity contribution >= 4 is 8.32 Å². The Morgan fingerprint density at radius 1 is 0.941 bits per heavy atom. The number of benzene rings is 1. The van der Waals surface area contributed by atoms with Gasteiger partial charge in [-0.2, -0.15) is 0 Å². The fourth-order valence-corrected chi connectivity index (χ4v) is 2.26. The van der Waals surface area contributed by atoms with Crippen LogP contribution >= 0.6 is 0 Å². The average molecular weight is 252 g/mol. The molecule has 0 N–H and O–H groups in total. The molecule has 1 rings (SSSR count). The SMILES string of the molecule is CC(C)Oc1ccccc1O[Si](C)(C)C(C)C. The van der Waals surface area contributed by atoms with Gasteiger partial charge in [0.15, 0.2) is 5.75 Å². The number of hydrogen-bond acceptors (Lipinski definition) is 2. The second-order valence-electron chi connectivity index (χ2n) is 5.47. The van der Waals surface area contributed by atoms with Crippen LogP contribution in [-0.4, -0.2) is 14.4 Å². The van der Waals surface area contributed by atoms with Crippen molar-refractivity contribution in [2.45, 2.75) is 52.4 Å². The van der Waals surface area contributed by atoms with E-state index in [4.69, 9.17) is 9.16 Å². The van der Waals surface area contributed by atoms with Crippen LogP contribution in [0.3, 0.4) is 0 Å². The minimum Gasteiger partial charge on any atom is -0.541 e. The first kappa shape index (κ1) is 14.1. The van der Waals surface area contributed by atoms with Gasteiger partial charge < -0.3 is 9.16 Å². The molecule has 0 fully saturated rings. The molecule has 0 heterocycles. The topological polar surface area (TPSA) is 18.5 Å². The number of rotatable bonds is 5. The monoisotopic (exact) mass is 252 g/mol. The van der Waals surface area contributed by atoms with Gasteiger partial charge in [-0.25, -0.2) is 0 Å². The van der Waals surface area contributed by atoms with E-state index < -0.39 is 8.32 Å². The molecule has 0 aliphatic carbocycles. The highest BCUT2D eigenvalue weighted by Crippen LogP contribution is 2.32. The fraction of sp³-hybridized carbons (Fsp3) is 0.571. The molecule has 96 valence electrons. The third-order valence-corrected chi connectivity index (χ3v) is 6.50. The highest BCUT2D eigenvalue weighted by atomic mass is 28.4. The van der Waals surface area contributed by atoms with Crippen molar-refractivity contribution in [3.05, 3.63) is 24.3 Å². The van der Waals surface area contributed by atoms with Gasteiger partial charge in [0.1, 0.15) is 5.75 Å². The number of para-hydroxylation sites is 2. The first-order chi connectivity index (χ1) is 7.83. The summed E-state index contributed by atoms with van der Waals surface area (Å²) in [4.78, 5) is 0. The van der Waals surface area contributed by atoms with E-state index in [0.29, 0.717) is 5.54 Å². The summed E-state index contributed by atoms with van der Waals surface area (Å²) in [5.41, 5.74) is 0.578. The average Bonchev–Trinajstić information content (AvgIpc) is 2.19. The predicted molar refractivity (Wildman–Crippen MR) is 75.4 cm³/mol. The maximum atomic E-state index is 6.21. The quantitative estimate of drug-likeness (QED) is 0.720. The third kappa shape index (κ3) is 4.08. The number of ether oxygens (including phenoxy) is 1. The summed E-state index contributed by atoms with van der Waals surface area (Å²) in [6.45, 7) is 13.0. The van der Waals surface area contributed by atoms with Crippen LogP contribution in [0.5, 0.6) is 11.5 Å². The van der Waals surface area contributed by atoms with Crippen LogP contribution in [0, 0.1) is 0 Å². The lowest BCUT2D eigenvalue weighted by atomic mass is 10.3. The molecule has 1 aromatic carbocycles. The smallest absolute Gasteiger partial charge is 0.247 e. The number of hydrogen-bond donors (Lipinski definition) is 0. The largest absolute Gasteiger partial charge is 0.541 e. The maximum Gasteiger partial charge on any atom is 0.247 e. The summed E-state index contributed by atoms with van der Waals surface area (Å²) in [7, 11) is -1.68. The zero-order chi connectivity index (χ0) is 13.1. The molecule has 17 heavy (non-hydrogen) atoms. The molecule has 0 atom stereocenters. The van der Waals surface area contributed by atoms with Crippen molar-refractivity contribution in [3.8, 4) is 11.5 Å². The van der Waals surface area contributed by atoms with Crippen LogP contribution in [0.2, 0.25) is 18.6 Å². The summed E-state index contributed by atoms with van der Waals surface area (Å²) in [6, 6.07) is 7.94. The second kappa shape index (κ2) is 5.58. The fourth-order valence-electron chi connectivity index (χ4n) is 1.29. The predicted octanol–water partition coefficient (Wildman–Crippen LogP) is 4.47. The molecule has 0 aliphatic rings. The lowest BCUT2D eigenvalue weighted by Crippen LogP contribution is -2.37. The van der Waals surface area contributed by atoms with Gasteiger partial charge in [-0.1, -0.05) is 26.0 Å². The Kier molecular flexibility index (Phi) is 4.63. The molecule has 0 amide bonds.